The number of H-pyrrole nitrogens is 1. The van der Waals surface area contributed by atoms with Gasteiger partial charge in [-0.2, -0.15) is 15.1 Å². The third-order valence-electron chi connectivity index (χ3n) is 4.93. The van der Waals surface area contributed by atoms with Crippen molar-refractivity contribution < 1.29 is 9.47 Å². The maximum absolute atomic E-state index is 5.33. The topological polar surface area (TPSA) is 85.0 Å². The van der Waals surface area contributed by atoms with Gasteiger partial charge in [0.25, 0.3) is 0 Å². The van der Waals surface area contributed by atoms with Crippen LogP contribution in [0.15, 0.2) is 60.7 Å². The largest absolute Gasteiger partial charge is 0.497 e. The van der Waals surface area contributed by atoms with Crippen molar-refractivity contribution in [3.63, 3.8) is 0 Å². The summed E-state index contributed by atoms with van der Waals surface area (Å²) in [5.41, 5.74) is 5.92. The van der Waals surface area contributed by atoms with Gasteiger partial charge in [0.05, 0.1) is 25.6 Å². The average Bonchev–Trinajstić information content (AvgIpc) is 3.26. The first-order chi connectivity index (χ1) is 15.1. The van der Waals surface area contributed by atoms with Gasteiger partial charge in [0.15, 0.2) is 0 Å². The maximum atomic E-state index is 5.33. The normalized spacial score (nSPS) is 10.7. The Morgan fingerprint density at radius 3 is 2.32 bits per heavy atom. The van der Waals surface area contributed by atoms with Crippen LogP contribution in [0.4, 0.5) is 5.82 Å². The molecular formula is C24H25N5O2. The summed E-state index contributed by atoms with van der Waals surface area (Å²) in [7, 11) is 3.24. The Morgan fingerprint density at radius 2 is 1.65 bits per heavy atom. The molecule has 0 aliphatic carbocycles. The fraction of sp³-hybridized carbons (Fsp3) is 0.208. The number of ether oxygens (including phenoxy) is 2. The second-order valence-electron chi connectivity index (χ2n) is 7.17. The molecular weight excluding hydrogens is 390 g/mol. The molecule has 4 rings (SSSR count). The molecule has 0 saturated carbocycles. The molecule has 0 saturated heterocycles. The number of hydrogen-bond acceptors (Lipinski definition) is 6. The molecule has 0 aliphatic rings. The lowest BCUT2D eigenvalue weighted by Gasteiger charge is -2.10. The predicted molar refractivity (Wildman–Crippen MR) is 122 cm³/mol. The van der Waals surface area contributed by atoms with E-state index in [1.807, 2.05) is 49.4 Å². The minimum Gasteiger partial charge on any atom is -0.497 e. The number of nitrogens with one attached hydrogen (secondary N) is 2. The molecule has 0 bridgehead atoms. The van der Waals surface area contributed by atoms with Gasteiger partial charge in [0.1, 0.15) is 11.6 Å². The summed E-state index contributed by atoms with van der Waals surface area (Å²) in [6.07, 6.45) is 0.861. The quantitative estimate of drug-likeness (QED) is 0.440. The van der Waals surface area contributed by atoms with Crippen molar-refractivity contribution in [2.45, 2.75) is 13.3 Å². The van der Waals surface area contributed by atoms with Crippen molar-refractivity contribution >= 4 is 5.82 Å². The van der Waals surface area contributed by atoms with Gasteiger partial charge in [0.2, 0.25) is 0 Å². The maximum Gasteiger partial charge on any atom is 0.318 e. The molecule has 0 amide bonds. The first-order valence-corrected chi connectivity index (χ1v) is 10.1. The first kappa shape index (κ1) is 20.4. The van der Waals surface area contributed by atoms with Crippen LogP contribution in [0.5, 0.6) is 11.8 Å². The molecule has 0 radical (unpaired) electrons. The zero-order chi connectivity index (χ0) is 21.6. The number of nitrogens with zero attached hydrogens (tertiary/aromatic N) is 3. The minimum absolute atomic E-state index is 0.325. The second kappa shape index (κ2) is 9.30. The highest BCUT2D eigenvalue weighted by molar-refractivity contribution is 5.71. The Bertz CT molecular complexity index is 1150. The molecule has 0 atom stereocenters. The summed E-state index contributed by atoms with van der Waals surface area (Å²) >= 11 is 0. The summed E-state index contributed by atoms with van der Waals surface area (Å²) < 4.78 is 10.5. The number of aryl methyl sites for hydroxylation is 1. The SMILES string of the molecule is COc1ccc(CCNc2cc(-c3cccc(-c4cc(C)[nH]n4)c3)nc(OC)n2)cc1. The van der Waals surface area contributed by atoms with Crippen molar-refractivity contribution in [1.29, 1.82) is 0 Å². The molecule has 0 spiro atoms. The molecule has 158 valence electrons. The lowest BCUT2D eigenvalue weighted by Crippen LogP contribution is -2.08. The van der Waals surface area contributed by atoms with Crippen molar-refractivity contribution in [3.05, 3.63) is 71.9 Å². The number of benzene rings is 2. The minimum atomic E-state index is 0.325. The Labute approximate surface area is 181 Å². The molecule has 2 aromatic heterocycles. The number of anilines is 1. The molecule has 31 heavy (non-hydrogen) atoms. The van der Waals surface area contributed by atoms with E-state index in [0.717, 1.165) is 52.7 Å². The van der Waals surface area contributed by atoms with E-state index in [4.69, 9.17) is 9.47 Å². The van der Waals surface area contributed by atoms with Gasteiger partial charge < -0.3 is 14.8 Å². The highest BCUT2D eigenvalue weighted by Gasteiger charge is 2.10. The summed E-state index contributed by atoms with van der Waals surface area (Å²) in [6.45, 7) is 2.72. The summed E-state index contributed by atoms with van der Waals surface area (Å²) in [5, 5.41) is 10.7. The molecule has 7 heteroatoms. The zero-order valence-corrected chi connectivity index (χ0v) is 17.8. The van der Waals surface area contributed by atoms with Gasteiger partial charge in [-0.3, -0.25) is 5.10 Å². The Balaban J connectivity index is 1.52. The number of rotatable bonds is 8. The van der Waals surface area contributed by atoms with Crippen LogP contribution in [0.1, 0.15) is 11.3 Å². The molecule has 7 nitrogen and oxygen atoms in total. The van der Waals surface area contributed by atoms with Crippen LogP contribution < -0.4 is 14.8 Å². The number of aromatic nitrogens is 4. The predicted octanol–water partition coefficient (Wildman–Crippen LogP) is 4.51. The van der Waals surface area contributed by atoms with Crippen LogP contribution in [0.25, 0.3) is 22.5 Å². The molecule has 4 aromatic rings. The molecule has 0 unspecified atom stereocenters. The van der Waals surface area contributed by atoms with Gasteiger partial charge in [-0.05, 0) is 43.2 Å². The van der Waals surface area contributed by atoms with Crippen LogP contribution >= 0.6 is 0 Å². The fourth-order valence-electron chi connectivity index (χ4n) is 3.29. The van der Waals surface area contributed by atoms with E-state index in [-0.39, 0.29) is 0 Å². The average molecular weight is 415 g/mol. The number of methoxy groups -OCH3 is 2. The summed E-state index contributed by atoms with van der Waals surface area (Å²) in [5.74, 6) is 1.57. The van der Waals surface area contributed by atoms with Gasteiger partial charge in [-0.1, -0.05) is 30.3 Å². The van der Waals surface area contributed by atoms with Crippen molar-refractivity contribution in [1.82, 2.24) is 20.2 Å². The zero-order valence-electron chi connectivity index (χ0n) is 17.8. The standard InChI is InChI=1S/C24H25N5O2/c1-16-13-22(29-28-16)19-6-4-5-18(14-19)21-15-23(27-24(26-21)31-3)25-12-11-17-7-9-20(30-2)10-8-17/h4-10,13-15H,11-12H2,1-3H3,(H,28,29)(H,25,26,27). The summed E-state index contributed by atoms with van der Waals surface area (Å²) in [6, 6.07) is 20.5. The monoisotopic (exact) mass is 415 g/mol. The van der Waals surface area contributed by atoms with Crippen LogP contribution in [0, 0.1) is 6.92 Å². The molecule has 2 N–H and O–H groups in total. The third kappa shape index (κ3) is 5.01. The van der Waals surface area contributed by atoms with E-state index in [9.17, 15) is 0 Å². The van der Waals surface area contributed by atoms with E-state index >= 15 is 0 Å². The van der Waals surface area contributed by atoms with Crippen LogP contribution in [-0.2, 0) is 6.42 Å². The smallest absolute Gasteiger partial charge is 0.318 e. The summed E-state index contributed by atoms with van der Waals surface area (Å²) in [4.78, 5) is 8.97. The first-order valence-electron chi connectivity index (χ1n) is 10.1. The Morgan fingerprint density at radius 1 is 0.871 bits per heavy atom. The van der Waals surface area contributed by atoms with Crippen LogP contribution in [0.2, 0.25) is 0 Å². The van der Waals surface area contributed by atoms with Crippen LogP contribution in [-0.4, -0.2) is 40.9 Å². The van der Waals surface area contributed by atoms with E-state index in [1.165, 1.54) is 5.56 Å². The van der Waals surface area contributed by atoms with E-state index in [1.54, 1.807) is 14.2 Å². The van der Waals surface area contributed by atoms with Gasteiger partial charge in [-0.15, -0.1) is 0 Å². The highest BCUT2D eigenvalue weighted by atomic mass is 16.5. The van der Waals surface area contributed by atoms with E-state index in [0.29, 0.717) is 6.01 Å². The van der Waals surface area contributed by atoms with Crippen LogP contribution in [0.3, 0.4) is 0 Å². The van der Waals surface area contributed by atoms with Crippen molar-refractivity contribution in [2.24, 2.45) is 0 Å². The second-order valence-corrected chi connectivity index (χ2v) is 7.17. The van der Waals surface area contributed by atoms with E-state index in [2.05, 4.69) is 43.7 Å². The number of aromatic amines is 1. The number of hydrogen-bond donors (Lipinski definition) is 2. The molecule has 0 aliphatic heterocycles. The van der Waals surface area contributed by atoms with E-state index < -0.39 is 0 Å². The lowest BCUT2D eigenvalue weighted by atomic mass is 10.1. The highest BCUT2D eigenvalue weighted by Crippen LogP contribution is 2.27. The van der Waals surface area contributed by atoms with Crippen molar-refractivity contribution in [3.8, 4) is 34.3 Å². The molecule has 0 fully saturated rings. The Kier molecular flexibility index (Phi) is 6.12. The third-order valence-corrected chi connectivity index (χ3v) is 4.93. The van der Waals surface area contributed by atoms with Crippen molar-refractivity contribution in [2.75, 3.05) is 26.1 Å². The van der Waals surface area contributed by atoms with Gasteiger partial charge in [-0.25, -0.2) is 0 Å². The lowest BCUT2D eigenvalue weighted by molar-refractivity contribution is 0.381. The van der Waals surface area contributed by atoms with Gasteiger partial charge >= 0.3 is 6.01 Å². The molecule has 2 heterocycles. The fourth-order valence-corrected chi connectivity index (χ4v) is 3.29. The van der Waals surface area contributed by atoms with Gasteiger partial charge in [0, 0.05) is 29.4 Å². The Hall–Kier alpha value is -3.87. The molecule has 2 aromatic carbocycles.